The molecule has 0 aliphatic carbocycles. The van der Waals surface area contributed by atoms with Crippen molar-refractivity contribution < 1.29 is 29.7 Å². The standard InChI is InChI=1S/C17H34N.F6P/c1-6-10-11-12-13-17(5)16-18(9-4,14-7-2)15-8-3;1-7(2,3,4,5)6/h7-8,17H,2-3,6,9-16H2,1,4-5H3;/q+1;-1. The van der Waals surface area contributed by atoms with Gasteiger partial charge in [-0.3, -0.25) is 0 Å². The molecular weight excluding hydrogens is 363 g/mol. The Morgan fingerprint density at radius 1 is 0.880 bits per heavy atom. The number of unbranched alkanes of at least 4 members (excludes halogenated alkanes) is 3. The van der Waals surface area contributed by atoms with Gasteiger partial charge in [-0.15, -0.1) is 0 Å². The molecule has 154 valence electrons. The Morgan fingerprint density at radius 3 is 1.64 bits per heavy atom. The van der Waals surface area contributed by atoms with E-state index in [9.17, 15) is 25.2 Å². The Balaban J connectivity index is 0. The number of halogens is 6. The molecule has 0 aromatic carbocycles. The van der Waals surface area contributed by atoms with E-state index in [1.807, 2.05) is 0 Å². The normalized spacial score (nSPS) is 16.0. The van der Waals surface area contributed by atoms with Crippen LogP contribution in [0.5, 0.6) is 0 Å². The van der Waals surface area contributed by atoms with Gasteiger partial charge in [-0.05, 0) is 25.5 Å². The molecule has 0 radical (unpaired) electrons. The molecule has 0 bridgehead atoms. The van der Waals surface area contributed by atoms with Crippen LogP contribution >= 0.6 is 7.81 Å². The van der Waals surface area contributed by atoms with E-state index in [-0.39, 0.29) is 0 Å². The van der Waals surface area contributed by atoms with Gasteiger partial charge in [-0.2, -0.15) is 0 Å². The average Bonchev–Trinajstić information content (AvgIpc) is 2.40. The van der Waals surface area contributed by atoms with E-state index in [2.05, 4.69) is 46.1 Å². The van der Waals surface area contributed by atoms with Crippen LogP contribution < -0.4 is 0 Å². The fraction of sp³-hybridized carbons (Fsp3) is 0.765. The second kappa shape index (κ2) is 9.96. The third-order valence-electron chi connectivity index (χ3n) is 3.95. The molecule has 1 nitrogen and oxygen atoms in total. The van der Waals surface area contributed by atoms with Gasteiger partial charge in [0.15, 0.2) is 0 Å². The van der Waals surface area contributed by atoms with Crippen molar-refractivity contribution in [2.45, 2.75) is 52.9 Å². The van der Waals surface area contributed by atoms with Gasteiger partial charge in [-0.1, -0.05) is 52.7 Å². The summed E-state index contributed by atoms with van der Waals surface area (Å²) in [6.07, 6.45) is 11.0. The van der Waals surface area contributed by atoms with Crippen molar-refractivity contribution >= 4 is 7.81 Å². The predicted molar refractivity (Wildman–Crippen MR) is 97.3 cm³/mol. The summed E-state index contributed by atoms with van der Waals surface area (Å²) in [6, 6.07) is 0. The maximum absolute atomic E-state index is 10.7. The molecule has 25 heavy (non-hydrogen) atoms. The van der Waals surface area contributed by atoms with Crippen molar-refractivity contribution in [3.8, 4) is 0 Å². The summed E-state index contributed by atoms with van der Waals surface area (Å²) >= 11 is 0. The van der Waals surface area contributed by atoms with E-state index >= 15 is 0 Å². The van der Waals surface area contributed by atoms with E-state index in [1.165, 1.54) is 45.2 Å². The van der Waals surface area contributed by atoms with Crippen LogP contribution in [0.4, 0.5) is 25.2 Å². The van der Waals surface area contributed by atoms with Crippen LogP contribution in [0.25, 0.3) is 0 Å². The second-order valence-corrected chi connectivity index (χ2v) is 8.61. The molecule has 0 rings (SSSR count). The van der Waals surface area contributed by atoms with E-state index in [1.54, 1.807) is 0 Å². The summed E-state index contributed by atoms with van der Waals surface area (Å²) in [7, 11) is -10.7. The molecule has 0 aliphatic rings. The second-order valence-electron chi connectivity index (χ2n) is 6.70. The van der Waals surface area contributed by atoms with Crippen LogP contribution in [0.2, 0.25) is 0 Å². The molecule has 0 N–H and O–H groups in total. The summed E-state index contributed by atoms with van der Waals surface area (Å²) in [6.45, 7) is 19.4. The first-order valence-electron chi connectivity index (χ1n) is 8.72. The SMILES string of the molecule is C=CC[N+](CC)(CC=C)CC(C)CCCCCC.F[P-](F)(F)(F)(F)F. The van der Waals surface area contributed by atoms with Crippen LogP contribution in [0, 0.1) is 5.92 Å². The number of rotatable bonds is 12. The number of likely N-dealkylation sites (N-methyl/N-ethyl adjacent to an activating group) is 1. The monoisotopic (exact) mass is 397 g/mol. The van der Waals surface area contributed by atoms with Gasteiger partial charge in [0, 0.05) is 5.92 Å². The maximum atomic E-state index is 9.87. The van der Waals surface area contributed by atoms with E-state index in [4.69, 9.17) is 0 Å². The van der Waals surface area contributed by atoms with E-state index < -0.39 is 7.81 Å². The first-order chi connectivity index (χ1) is 11.1. The molecule has 0 fully saturated rings. The van der Waals surface area contributed by atoms with Gasteiger partial charge in [0.2, 0.25) is 0 Å². The molecule has 1 atom stereocenters. The van der Waals surface area contributed by atoms with Gasteiger partial charge < -0.3 is 4.48 Å². The van der Waals surface area contributed by atoms with Crippen molar-refractivity contribution in [1.29, 1.82) is 0 Å². The zero-order chi connectivity index (χ0) is 20.3. The van der Waals surface area contributed by atoms with Crippen molar-refractivity contribution in [2.75, 3.05) is 26.2 Å². The summed E-state index contributed by atoms with van der Waals surface area (Å²) in [4.78, 5) is 0. The van der Waals surface area contributed by atoms with Gasteiger partial charge in [-0.25, -0.2) is 0 Å². The molecule has 0 saturated heterocycles. The number of quaternary nitrogens is 1. The van der Waals surface area contributed by atoms with Gasteiger partial charge in [0.25, 0.3) is 0 Å². The fourth-order valence-corrected chi connectivity index (χ4v) is 2.83. The number of hydrogen-bond donors (Lipinski definition) is 0. The first-order valence-corrected chi connectivity index (χ1v) is 10.7. The molecular formula is C17H34F6NP. The zero-order valence-electron chi connectivity index (χ0n) is 15.7. The Hall–Kier alpha value is -0.550. The Labute approximate surface area is 148 Å². The van der Waals surface area contributed by atoms with Crippen LogP contribution in [0.3, 0.4) is 0 Å². The third kappa shape index (κ3) is 23.4. The van der Waals surface area contributed by atoms with Crippen molar-refractivity contribution in [3.63, 3.8) is 0 Å². The fourth-order valence-electron chi connectivity index (χ4n) is 2.83. The minimum absolute atomic E-state index is 0.807. The van der Waals surface area contributed by atoms with Crippen LogP contribution in [0.1, 0.15) is 52.9 Å². The summed E-state index contributed by atoms with van der Waals surface area (Å²) < 4.78 is 60.3. The molecule has 1 unspecified atom stereocenters. The zero-order valence-corrected chi connectivity index (χ0v) is 16.6. The Bertz CT molecular complexity index is 369. The quantitative estimate of drug-likeness (QED) is 0.102. The summed E-state index contributed by atoms with van der Waals surface area (Å²) in [5, 5.41) is 0. The Kier molecular flexibility index (Phi) is 10.6. The molecule has 0 aromatic heterocycles. The van der Waals surface area contributed by atoms with Crippen LogP contribution in [-0.4, -0.2) is 30.7 Å². The van der Waals surface area contributed by atoms with Gasteiger partial charge in [0.05, 0.1) is 26.2 Å². The summed E-state index contributed by atoms with van der Waals surface area (Å²) in [5.41, 5.74) is 0. The van der Waals surface area contributed by atoms with Crippen LogP contribution in [-0.2, 0) is 0 Å². The average molecular weight is 397 g/mol. The van der Waals surface area contributed by atoms with Crippen molar-refractivity contribution in [2.24, 2.45) is 5.92 Å². The first kappa shape index (κ1) is 26.7. The minimum atomic E-state index is -10.7. The van der Waals surface area contributed by atoms with E-state index in [0.29, 0.717) is 0 Å². The molecule has 0 aromatic rings. The van der Waals surface area contributed by atoms with E-state index in [0.717, 1.165) is 23.5 Å². The number of hydrogen-bond acceptors (Lipinski definition) is 0. The van der Waals surface area contributed by atoms with Crippen molar-refractivity contribution in [1.82, 2.24) is 0 Å². The summed E-state index contributed by atoms with van der Waals surface area (Å²) in [5.74, 6) is 0.807. The molecule has 8 heteroatoms. The predicted octanol–water partition coefficient (Wildman–Crippen LogP) is 8.18. The molecule has 0 aliphatic heterocycles. The molecule has 0 heterocycles. The Morgan fingerprint density at radius 2 is 1.32 bits per heavy atom. The van der Waals surface area contributed by atoms with Gasteiger partial charge in [0.1, 0.15) is 0 Å². The molecule has 0 amide bonds. The molecule has 0 spiro atoms. The topological polar surface area (TPSA) is 0 Å². The van der Waals surface area contributed by atoms with Gasteiger partial charge >= 0.3 is 33.0 Å². The van der Waals surface area contributed by atoms with Crippen molar-refractivity contribution in [3.05, 3.63) is 25.3 Å². The molecule has 0 saturated carbocycles. The third-order valence-corrected chi connectivity index (χ3v) is 3.95. The van der Waals surface area contributed by atoms with Crippen LogP contribution in [0.15, 0.2) is 25.3 Å². The number of nitrogens with zero attached hydrogens (tertiary/aromatic N) is 1.